The third-order valence-electron chi connectivity index (χ3n) is 4.17. The fourth-order valence-electron chi connectivity index (χ4n) is 2.63. The molecule has 2 amide bonds. The topological polar surface area (TPSA) is 97.0 Å². The van der Waals surface area contributed by atoms with Crippen molar-refractivity contribution in [3.63, 3.8) is 0 Å². The van der Waals surface area contributed by atoms with Gasteiger partial charge in [0.1, 0.15) is 5.84 Å². The molecule has 0 unspecified atom stereocenters. The van der Waals surface area contributed by atoms with Crippen molar-refractivity contribution in [2.24, 2.45) is 10.9 Å². The summed E-state index contributed by atoms with van der Waals surface area (Å²) in [4.78, 5) is 31.0. The van der Waals surface area contributed by atoms with E-state index in [1.807, 2.05) is 32.0 Å². The summed E-state index contributed by atoms with van der Waals surface area (Å²) in [5.41, 5.74) is 7.75. The van der Waals surface area contributed by atoms with E-state index in [2.05, 4.69) is 10.5 Å². The van der Waals surface area contributed by atoms with Crippen molar-refractivity contribution >= 4 is 34.9 Å². The molecule has 0 saturated carbocycles. The third-order valence-corrected chi connectivity index (χ3v) is 4.54. The molecular formula is C21H25ClN4O3. The molecule has 2 rings (SSSR count). The lowest BCUT2D eigenvalue weighted by atomic mass is 10.1. The van der Waals surface area contributed by atoms with E-state index in [1.165, 1.54) is 0 Å². The molecule has 154 valence electrons. The lowest BCUT2D eigenvalue weighted by Crippen LogP contribution is -2.30. The van der Waals surface area contributed by atoms with Crippen molar-refractivity contribution in [3.8, 4) is 0 Å². The van der Waals surface area contributed by atoms with Gasteiger partial charge in [0.2, 0.25) is 0 Å². The SMILES string of the molecule is CCN(CC)C(=O)c1ccc(NC(=O)CON=C(N)Cc2ccccc2Cl)cc1. The molecule has 0 spiro atoms. The number of amidine groups is 1. The van der Waals surface area contributed by atoms with Crippen LogP contribution in [-0.2, 0) is 16.1 Å². The molecule has 0 heterocycles. The largest absolute Gasteiger partial charge is 0.384 e. The molecule has 3 N–H and O–H groups in total. The first kappa shape index (κ1) is 22.2. The maximum absolute atomic E-state index is 12.3. The molecule has 0 atom stereocenters. The number of nitrogens with zero attached hydrogens (tertiary/aromatic N) is 2. The zero-order valence-electron chi connectivity index (χ0n) is 16.5. The highest BCUT2D eigenvalue weighted by Gasteiger charge is 2.12. The number of carbonyl (C=O) groups excluding carboxylic acids is 2. The molecule has 0 bridgehead atoms. The van der Waals surface area contributed by atoms with Crippen LogP contribution >= 0.6 is 11.6 Å². The monoisotopic (exact) mass is 416 g/mol. The third kappa shape index (κ3) is 6.80. The summed E-state index contributed by atoms with van der Waals surface area (Å²) in [6.07, 6.45) is 0.323. The zero-order valence-corrected chi connectivity index (χ0v) is 17.3. The second-order valence-corrected chi connectivity index (χ2v) is 6.63. The smallest absolute Gasteiger partial charge is 0.265 e. The summed E-state index contributed by atoms with van der Waals surface area (Å²) in [6.45, 7) is 4.86. The number of amides is 2. The van der Waals surface area contributed by atoms with E-state index in [4.69, 9.17) is 22.2 Å². The minimum atomic E-state index is -0.387. The van der Waals surface area contributed by atoms with Gasteiger partial charge in [-0.25, -0.2) is 0 Å². The molecule has 0 fully saturated rings. The molecule has 8 heteroatoms. The number of hydrogen-bond acceptors (Lipinski definition) is 4. The molecule has 2 aromatic rings. The van der Waals surface area contributed by atoms with Crippen LogP contribution in [0.5, 0.6) is 0 Å². The quantitative estimate of drug-likeness (QED) is 0.372. The Labute approximate surface area is 175 Å². The van der Waals surface area contributed by atoms with Gasteiger partial charge in [-0.3, -0.25) is 9.59 Å². The van der Waals surface area contributed by atoms with Crippen molar-refractivity contribution in [2.75, 3.05) is 25.0 Å². The van der Waals surface area contributed by atoms with Gasteiger partial charge < -0.3 is 20.8 Å². The predicted octanol–water partition coefficient (Wildman–Crippen LogP) is 3.29. The van der Waals surface area contributed by atoms with Crippen molar-refractivity contribution < 1.29 is 14.4 Å². The van der Waals surface area contributed by atoms with E-state index in [0.29, 0.717) is 35.8 Å². The van der Waals surface area contributed by atoms with Crippen LogP contribution < -0.4 is 11.1 Å². The lowest BCUT2D eigenvalue weighted by Gasteiger charge is -2.18. The van der Waals surface area contributed by atoms with Crippen LogP contribution in [0.15, 0.2) is 53.7 Å². The first-order valence-corrected chi connectivity index (χ1v) is 9.69. The highest BCUT2D eigenvalue weighted by Crippen LogP contribution is 2.15. The van der Waals surface area contributed by atoms with E-state index in [-0.39, 0.29) is 24.3 Å². The Balaban J connectivity index is 1.83. The minimum Gasteiger partial charge on any atom is -0.384 e. The first-order chi connectivity index (χ1) is 13.9. The molecule has 29 heavy (non-hydrogen) atoms. The number of halogens is 1. The van der Waals surface area contributed by atoms with Gasteiger partial charge in [0.15, 0.2) is 6.61 Å². The van der Waals surface area contributed by atoms with Crippen LogP contribution in [0, 0.1) is 0 Å². The van der Waals surface area contributed by atoms with Crippen LogP contribution in [-0.4, -0.2) is 42.2 Å². The van der Waals surface area contributed by atoms with Gasteiger partial charge >= 0.3 is 0 Å². The molecule has 0 saturated heterocycles. The van der Waals surface area contributed by atoms with E-state index in [1.54, 1.807) is 35.2 Å². The molecule has 0 aliphatic heterocycles. The fourth-order valence-corrected chi connectivity index (χ4v) is 2.83. The average Bonchev–Trinajstić information content (AvgIpc) is 2.71. The van der Waals surface area contributed by atoms with Crippen molar-refractivity contribution in [1.29, 1.82) is 0 Å². The average molecular weight is 417 g/mol. The second-order valence-electron chi connectivity index (χ2n) is 6.23. The number of nitrogens with one attached hydrogen (secondary N) is 1. The number of hydrogen-bond donors (Lipinski definition) is 2. The van der Waals surface area contributed by atoms with Crippen LogP contribution in [0.2, 0.25) is 5.02 Å². The van der Waals surface area contributed by atoms with E-state index < -0.39 is 0 Å². The molecule has 0 aliphatic rings. The van der Waals surface area contributed by atoms with Crippen molar-refractivity contribution in [3.05, 3.63) is 64.7 Å². The Kier molecular flexibility index (Phi) is 8.48. The minimum absolute atomic E-state index is 0.0421. The zero-order chi connectivity index (χ0) is 21.2. The Morgan fingerprint density at radius 2 is 1.76 bits per heavy atom. The van der Waals surface area contributed by atoms with Gasteiger partial charge in [0, 0.05) is 35.8 Å². The standard InChI is InChI=1S/C21H25ClN4O3/c1-3-26(4-2)21(28)15-9-11-17(12-10-15)24-20(27)14-29-25-19(23)13-16-7-5-6-8-18(16)22/h5-12H,3-4,13-14H2,1-2H3,(H2,23,25)(H,24,27). The predicted molar refractivity (Wildman–Crippen MR) is 115 cm³/mol. The number of benzene rings is 2. The Morgan fingerprint density at radius 1 is 1.10 bits per heavy atom. The molecule has 7 nitrogen and oxygen atoms in total. The molecule has 0 aliphatic carbocycles. The summed E-state index contributed by atoms with van der Waals surface area (Å²) in [5, 5.41) is 7.01. The van der Waals surface area contributed by atoms with Crippen LogP contribution in [0.25, 0.3) is 0 Å². The van der Waals surface area contributed by atoms with E-state index >= 15 is 0 Å². The van der Waals surface area contributed by atoms with Crippen LogP contribution in [0.4, 0.5) is 5.69 Å². The Hall–Kier alpha value is -3.06. The number of oxime groups is 1. The number of rotatable bonds is 9. The normalized spacial score (nSPS) is 11.1. The maximum Gasteiger partial charge on any atom is 0.265 e. The summed E-state index contributed by atoms with van der Waals surface area (Å²) in [5.74, 6) is -0.216. The highest BCUT2D eigenvalue weighted by atomic mass is 35.5. The number of anilines is 1. The van der Waals surface area contributed by atoms with Crippen molar-refractivity contribution in [1.82, 2.24) is 4.90 Å². The Morgan fingerprint density at radius 3 is 2.38 bits per heavy atom. The van der Waals surface area contributed by atoms with Crippen LogP contribution in [0.3, 0.4) is 0 Å². The van der Waals surface area contributed by atoms with Gasteiger partial charge in [0.25, 0.3) is 11.8 Å². The summed E-state index contributed by atoms with van der Waals surface area (Å²) >= 11 is 6.07. The van der Waals surface area contributed by atoms with Crippen LogP contribution in [0.1, 0.15) is 29.8 Å². The molecule has 0 radical (unpaired) electrons. The number of nitrogens with two attached hydrogens (primary N) is 1. The molecular weight excluding hydrogens is 392 g/mol. The maximum atomic E-state index is 12.3. The molecule has 2 aromatic carbocycles. The number of carbonyl (C=O) groups is 2. The van der Waals surface area contributed by atoms with E-state index in [0.717, 1.165) is 5.56 Å². The summed E-state index contributed by atoms with van der Waals surface area (Å²) in [6, 6.07) is 14.0. The molecule has 0 aromatic heterocycles. The van der Waals surface area contributed by atoms with Gasteiger partial charge in [-0.15, -0.1) is 0 Å². The van der Waals surface area contributed by atoms with Crippen molar-refractivity contribution in [2.45, 2.75) is 20.3 Å². The van der Waals surface area contributed by atoms with Gasteiger partial charge in [-0.1, -0.05) is 35.0 Å². The highest BCUT2D eigenvalue weighted by molar-refractivity contribution is 6.31. The van der Waals surface area contributed by atoms with Gasteiger partial charge in [0.05, 0.1) is 0 Å². The first-order valence-electron chi connectivity index (χ1n) is 9.31. The second kappa shape index (κ2) is 11.1. The fraction of sp³-hybridized carbons (Fsp3) is 0.286. The summed E-state index contributed by atoms with van der Waals surface area (Å²) in [7, 11) is 0. The Bertz CT molecular complexity index is 864. The summed E-state index contributed by atoms with van der Waals surface area (Å²) < 4.78 is 0. The van der Waals surface area contributed by atoms with Gasteiger partial charge in [-0.2, -0.15) is 0 Å². The lowest BCUT2D eigenvalue weighted by molar-refractivity contribution is -0.120. The van der Waals surface area contributed by atoms with Gasteiger partial charge in [-0.05, 0) is 49.7 Å². The van der Waals surface area contributed by atoms with E-state index in [9.17, 15) is 9.59 Å².